The van der Waals surface area contributed by atoms with E-state index in [1.165, 1.54) is 25.7 Å². The first-order valence-corrected chi connectivity index (χ1v) is 7.77. The molecule has 0 aromatic heterocycles. The van der Waals surface area contributed by atoms with E-state index in [9.17, 15) is 4.79 Å². The second-order valence-corrected chi connectivity index (χ2v) is 6.24. The molecule has 0 aliphatic heterocycles. The molecule has 21 heavy (non-hydrogen) atoms. The van der Waals surface area contributed by atoms with Gasteiger partial charge < -0.3 is 10.4 Å². The van der Waals surface area contributed by atoms with Crippen LogP contribution in [0.25, 0.3) is 0 Å². The predicted octanol–water partition coefficient (Wildman–Crippen LogP) is 2.60. The summed E-state index contributed by atoms with van der Waals surface area (Å²) in [6, 6.07) is 5.45. The number of nitrogens with one attached hydrogen (secondary N) is 1. The van der Waals surface area contributed by atoms with Gasteiger partial charge in [-0.3, -0.25) is 4.79 Å². The molecule has 2 aliphatic carbocycles. The number of hydrogen-bond acceptors (Lipinski definition) is 2. The molecule has 3 nitrogen and oxygen atoms in total. The summed E-state index contributed by atoms with van der Waals surface area (Å²) in [5.74, 6) is 6.61. The first-order chi connectivity index (χ1) is 10.2. The third-order valence-corrected chi connectivity index (χ3v) is 4.40. The van der Waals surface area contributed by atoms with Gasteiger partial charge in [-0.2, -0.15) is 0 Å². The van der Waals surface area contributed by atoms with Crippen molar-refractivity contribution < 1.29 is 9.90 Å². The summed E-state index contributed by atoms with van der Waals surface area (Å²) in [6.07, 6.45) is 4.94. The molecule has 0 bridgehead atoms. The Bertz CT molecular complexity index is 597. The summed E-state index contributed by atoms with van der Waals surface area (Å²) in [7, 11) is 0. The van der Waals surface area contributed by atoms with Gasteiger partial charge in [-0.15, -0.1) is 0 Å². The van der Waals surface area contributed by atoms with Crippen LogP contribution < -0.4 is 5.32 Å². The minimum atomic E-state index is -0.205. The summed E-state index contributed by atoms with van der Waals surface area (Å²) in [6.45, 7) is -0.205. The summed E-state index contributed by atoms with van der Waals surface area (Å²) >= 11 is 6.13. The van der Waals surface area contributed by atoms with Crippen molar-refractivity contribution in [1.29, 1.82) is 0 Å². The molecule has 110 valence electrons. The number of carbonyl (C=O) groups excluding carboxylic acids is 1. The Labute approximate surface area is 129 Å². The first kappa shape index (κ1) is 14.4. The minimum absolute atomic E-state index is 0.0534. The Morgan fingerprint density at radius 1 is 1.33 bits per heavy atom. The van der Waals surface area contributed by atoms with Crippen molar-refractivity contribution in [1.82, 2.24) is 5.32 Å². The van der Waals surface area contributed by atoms with E-state index in [1.807, 2.05) is 0 Å². The number of aliphatic hydroxyl groups excluding tert-OH is 1. The van der Waals surface area contributed by atoms with Crippen molar-refractivity contribution in [3.63, 3.8) is 0 Å². The maximum absolute atomic E-state index is 12.4. The second-order valence-electron chi connectivity index (χ2n) is 5.83. The van der Waals surface area contributed by atoms with E-state index in [1.54, 1.807) is 18.2 Å². The van der Waals surface area contributed by atoms with Crippen molar-refractivity contribution in [3.05, 3.63) is 34.3 Å². The van der Waals surface area contributed by atoms with E-state index in [2.05, 4.69) is 17.2 Å². The third-order valence-electron chi connectivity index (χ3n) is 4.09. The number of aliphatic hydroxyl groups is 1. The monoisotopic (exact) mass is 303 g/mol. The van der Waals surface area contributed by atoms with E-state index in [0.29, 0.717) is 34.0 Å². The van der Waals surface area contributed by atoms with Crippen LogP contribution in [0.4, 0.5) is 0 Å². The normalized spacial score (nSPS) is 17.3. The van der Waals surface area contributed by atoms with Gasteiger partial charge in [0.05, 0.1) is 5.02 Å². The topological polar surface area (TPSA) is 49.3 Å². The molecule has 0 spiro atoms. The van der Waals surface area contributed by atoms with Gasteiger partial charge in [-0.1, -0.05) is 23.4 Å². The molecule has 3 rings (SSSR count). The van der Waals surface area contributed by atoms with Gasteiger partial charge in [0, 0.05) is 17.2 Å². The van der Waals surface area contributed by atoms with Crippen LogP contribution in [0.15, 0.2) is 18.2 Å². The van der Waals surface area contributed by atoms with Crippen molar-refractivity contribution >= 4 is 17.5 Å². The lowest BCUT2D eigenvalue weighted by Crippen LogP contribution is -2.38. The zero-order chi connectivity index (χ0) is 14.8. The summed E-state index contributed by atoms with van der Waals surface area (Å²) in [5, 5.41) is 12.3. The van der Waals surface area contributed by atoms with E-state index < -0.39 is 0 Å². The van der Waals surface area contributed by atoms with Crippen LogP contribution in [-0.2, 0) is 0 Å². The van der Waals surface area contributed by atoms with Crippen LogP contribution in [-0.4, -0.2) is 23.7 Å². The van der Waals surface area contributed by atoms with E-state index in [0.717, 1.165) is 0 Å². The molecule has 1 amide bonds. The quantitative estimate of drug-likeness (QED) is 0.840. The van der Waals surface area contributed by atoms with Crippen molar-refractivity contribution in [2.24, 2.45) is 11.8 Å². The van der Waals surface area contributed by atoms with Crippen molar-refractivity contribution in [3.8, 4) is 11.8 Å². The van der Waals surface area contributed by atoms with Crippen LogP contribution in [0, 0.1) is 23.7 Å². The van der Waals surface area contributed by atoms with Gasteiger partial charge >= 0.3 is 0 Å². The SMILES string of the molecule is O=C(NC(C1CC1)C1CC1)c1ccc(C#CCO)c(Cl)c1. The maximum Gasteiger partial charge on any atom is 0.251 e. The first-order valence-electron chi connectivity index (χ1n) is 7.39. The Balaban J connectivity index is 1.70. The molecule has 4 heteroatoms. The highest BCUT2D eigenvalue weighted by Gasteiger charge is 2.42. The fourth-order valence-corrected chi connectivity index (χ4v) is 2.89. The molecule has 2 saturated carbocycles. The zero-order valence-corrected chi connectivity index (χ0v) is 12.5. The summed E-state index contributed by atoms with van der Waals surface area (Å²) in [4.78, 5) is 12.4. The Morgan fingerprint density at radius 3 is 2.52 bits per heavy atom. The lowest BCUT2D eigenvalue weighted by Gasteiger charge is -2.17. The Kier molecular flexibility index (Phi) is 4.19. The largest absolute Gasteiger partial charge is 0.384 e. The number of carbonyl (C=O) groups is 1. The standard InChI is InChI=1S/C17H18ClNO2/c18-15-10-14(8-3-11(15)2-1-9-20)17(21)19-16(12-4-5-12)13-6-7-13/h3,8,10,12-13,16,20H,4-7,9H2,(H,19,21). The predicted molar refractivity (Wildman–Crippen MR) is 82.1 cm³/mol. The number of hydrogen-bond donors (Lipinski definition) is 2. The van der Waals surface area contributed by atoms with Crippen LogP contribution in [0.2, 0.25) is 5.02 Å². The average Bonchev–Trinajstić information content (AvgIpc) is 3.36. The molecule has 0 heterocycles. The number of amides is 1. The fourth-order valence-electron chi connectivity index (χ4n) is 2.66. The molecule has 2 N–H and O–H groups in total. The van der Waals surface area contributed by atoms with E-state index in [-0.39, 0.29) is 12.5 Å². The number of benzene rings is 1. The Morgan fingerprint density at radius 2 is 2.00 bits per heavy atom. The molecular weight excluding hydrogens is 286 g/mol. The lowest BCUT2D eigenvalue weighted by molar-refractivity contribution is 0.0926. The van der Waals surface area contributed by atoms with Gasteiger partial charge in [0.25, 0.3) is 5.91 Å². The van der Waals surface area contributed by atoms with Crippen molar-refractivity contribution in [2.75, 3.05) is 6.61 Å². The minimum Gasteiger partial charge on any atom is -0.384 e. The van der Waals surface area contributed by atoms with Gasteiger partial charge in [0.1, 0.15) is 6.61 Å². The fraction of sp³-hybridized carbons (Fsp3) is 0.471. The van der Waals surface area contributed by atoms with E-state index in [4.69, 9.17) is 16.7 Å². The molecule has 0 unspecified atom stereocenters. The maximum atomic E-state index is 12.4. The third kappa shape index (κ3) is 3.58. The van der Waals surface area contributed by atoms with Gasteiger partial charge in [0.15, 0.2) is 0 Å². The van der Waals surface area contributed by atoms with Gasteiger partial charge in [-0.25, -0.2) is 0 Å². The zero-order valence-electron chi connectivity index (χ0n) is 11.7. The molecule has 2 fully saturated rings. The van der Waals surface area contributed by atoms with E-state index >= 15 is 0 Å². The van der Waals surface area contributed by atoms with Crippen molar-refractivity contribution in [2.45, 2.75) is 31.7 Å². The molecule has 0 radical (unpaired) electrons. The van der Waals surface area contributed by atoms with Crippen LogP contribution in [0.5, 0.6) is 0 Å². The molecule has 1 aromatic carbocycles. The van der Waals surface area contributed by atoms with Gasteiger partial charge in [0.2, 0.25) is 0 Å². The molecule has 0 atom stereocenters. The van der Waals surface area contributed by atoms with Crippen LogP contribution in [0.1, 0.15) is 41.6 Å². The molecule has 0 saturated heterocycles. The van der Waals surface area contributed by atoms with Crippen LogP contribution in [0.3, 0.4) is 0 Å². The second kappa shape index (κ2) is 6.09. The summed E-state index contributed by atoms with van der Waals surface area (Å²) in [5.41, 5.74) is 1.20. The highest BCUT2D eigenvalue weighted by atomic mass is 35.5. The lowest BCUT2D eigenvalue weighted by atomic mass is 10.1. The molecular formula is C17H18ClNO2. The van der Waals surface area contributed by atoms with Crippen LogP contribution >= 0.6 is 11.6 Å². The highest BCUT2D eigenvalue weighted by Crippen LogP contribution is 2.44. The molecule has 1 aromatic rings. The summed E-state index contributed by atoms with van der Waals surface area (Å²) < 4.78 is 0. The van der Waals surface area contributed by atoms with Gasteiger partial charge in [-0.05, 0) is 55.7 Å². The number of halogens is 1. The average molecular weight is 304 g/mol. The smallest absolute Gasteiger partial charge is 0.251 e. The Hall–Kier alpha value is -1.50. The highest BCUT2D eigenvalue weighted by molar-refractivity contribution is 6.32. The number of rotatable bonds is 4. The molecule has 2 aliphatic rings.